The lowest BCUT2D eigenvalue weighted by atomic mass is 10.2. The van der Waals surface area contributed by atoms with Gasteiger partial charge in [-0.3, -0.25) is 0 Å². The van der Waals surface area contributed by atoms with Crippen LogP contribution in [0.1, 0.15) is 17.0 Å². The minimum absolute atomic E-state index is 0.222. The van der Waals surface area contributed by atoms with E-state index in [1.807, 2.05) is 6.92 Å². The van der Waals surface area contributed by atoms with Gasteiger partial charge in [0.25, 0.3) is 0 Å². The van der Waals surface area contributed by atoms with Crippen LogP contribution in [0.3, 0.4) is 0 Å². The third-order valence-corrected chi connectivity index (χ3v) is 2.26. The van der Waals surface area contributed by atoms with Gasteiger partial charge in [-0.1, -0.05) is 16.4 Å². The van der Waals surface area contributed by atoms with E-state index < -0.39 is 0 Å². The molecular weight excluding hydrogens is 211 g/mol. The van der Waals surface area contributed by atoms with E-state index in [-0.39, 0.29) is 12.4 Å². The zero-order valence-electron chi connectivity index (χ0n) is 9.03. The molecule has 84 valence electrons. The summed E-state index contributed by atoms with van der Waals surface area (Å²) in [7, 11) is 0. The van der Waals surface area contributed by atoms with Crippen molar-refractivity contribution in [1.82, 2.24) is 10.3 Å². The summed E-state index contributed by atoms with van der Waals surface area (Å²) < 4.78 is 22.9. The van der Waals surface area contributed by atoms with E-state index in [1.54, 1.807) is 13.0 Å². The number of benzene rings is 1. The standard InChI is InChI=1S/C11H11FN2O2/c1-7-3-4-9(12)5-11(7)15-6-10-8(2)13-16-14-10/h3-5H,6H2,1-2H3. The van der Waals surface area contributed by atoms with Crippen molar-refractivity contribution < 1.29 is 13.8 Å². The quantitative estimate of drug-likeness (QED) is 0.800. The smallest absolute Gasteiger partial charge is 0.145 e. The Morgan fingerprint density at radius 2 is 2.12 bits per heavy atom. The van der Waals surface area contributed by atoms with Crippen molar-refractivity contribution in [3.63, 3.8) is 0 Å². The third kappa shape index (κ3) is 2.18. The fraction of sp³-hybridized carbons (Fsp3) is 0.273. The number of halogens is 1. The number of ether oxygens (including phenoxy) is 1. The number of hydrogen-bond acceptors (Lipinski definition) is 4. The molecule has 0 saturated carbocycles. The van der Waals surface area contributed by atoms with Gasteiger partial charge in [0.1, 0.15) is 29.6 Å². The Kier molecular flexibility index (Phi) is 2.85. The molecule has 0 fully saturated rings. The van der Waals surface area contributed by atoms with Crippen LogP contribution in [0.15, 0.2) is 22.8 Å². The van der Waals surface area contributed by atoms with Crippen LogP contribution in [0.2, 0.25) is 0 Å². The lowest BCUT2D eigenvalue weighted by Gasteiger charge is -2.07. The maximum atomic E-state index is 13.0. The lowest BCUT2D eigenvalue weighted by molar-refractivity contribution is 0.268. The van der Waals surface area contributed by atoms with Gasteiger partial charge in [-0.05, 0) is 25.5 Å². The average Bonchev–Trinajstić information content (AvgIpc) is 2.66. The normalized spacial score (nSPS) is 10.4. The van der Waals surface area contributed by atoms with Gasteiger partial charge in [-0.2, -0.15) is 0 Å². The van der Waals surface area contributed by atoms with Gasteiger partial charge in [-0.25, -0.2) is 9.02 Å². The Hall–Kier alpha value is -1.91. The van der Waals surface area contributed by atoms with Gasteiger partial charge in [0, 0.05) is 6.07 Å². The van der Waals surface area contributed by atoms with Crippen molar-refractivity contribution in [1.29, 1.82) is 0 Å². The summed E-state index contributed by atoms with van der Waals surface area (Å²) in [5.41, 5.74) is 2.16. The first-order valence-corrected chi connectivity index (χ1v) is 4.84. The largest absolute Gasteiger partial charge is 0.487 e. The molecule has 0 N–H and O–H groups in total. The van der Waals surface area contributed by atoms with E-state index in [0.717, 1.165) is 5.56 Å². The summed E-state index contributed by atoms with van der Waals surface area (Å²) >= 11 is 0. The fourth-order valence-electron chi connectivity index (χ4n) is 1.26. The molecule has 0 bridgehead atoms. The average molecular weight is 222 g/mol. The van der Waals surface area contributed by atoms with Crippen LogP contribution in [0.4, 0.5) is 4.39 Å². The second-order valence-corrected chi connectivity index (χ2v) is 3.49. The van der Waals surface area contributed by atoms with Crippen molar-refractivity contribution in [2.75, 3.05) is 0 Å². The van der Waals surface area contributed by atoms with E-state index in [2.05, 4.69) is 14.9 Å². The molecule has 0 amide bonds. The van der Waals surface area contributed by atoms with Crippen molar-refractivity contribution in [2.45, 2.75) is 20.5 Å². The molecule has 1 aromatic carbocycles. The topological polar surface area (TPSA) is 48.2 Å². The molecular formula is C11H11FN2O2. The molecule has 1 aromatic heterocycles. The maximum absolute atomic E-state index is 13.0. The van der Waals surface area contributed by atoms with E-state index >= 15 is 0 Å². The first-order valence-electron chi connectivity index (χ1n) is 4.84. The molecule has 0 aliphatic rings. The summed E-state index contributed by atoms with van der Waals surface area (Å²) in [5.74, 6) is 0.179. The molecule has 0 aliphatic carbocycles. The van der Waals surface area contributed by atoms with Crippen molar-refractivity contribution in [2.24, 2.45) is 0 Å². The molecule has 2 aromatic rings. The first-order chi connectivity index (χ1) is 7.66. The minimum Gasteiger partial charge on any atom is -0.487 e. The zero-order valence-corrected chi connectivity index (χ0v) is 9.03. The fourth-order valence-corrected chi connectivity index (χ4v) is 1.26. The highest BCUT2D eigenvalue weighted by Gasteiger charge is 2.07. The predicted octanol–water partition coefficient (Wildman–Crippen LogP) is 2.40. The van der Waals surface area contributed by atoms with E-state index in [1.165, 1.54) is 12.1 Å². The summed E-state index contributed by atoms with van der Waals surface area (Å²) in [4.78, 5) is 0. The second-order valence-electron chi connectivity index (χ2n) is 3.49. The highest BCUT2D eigenvalue weighted by atomic mass is 19.1. The SMILES string of the molecule is Cc1ccc(F)cc1OCc1nonc1C. The zero-order chi connectivity index (χ0) is 11.5. The van der Waals surface area contributed by atoms with Crippen LogP contribution < -0.4 is 4.74 Å². The first kappa shape index (κ1) is 10.6. The van der Waals surface area contributed by atoms with Crippen LogP contribution in [0.5, 0.6) is 5.75 Å². The number of hydrogen-bond donors (Lipinski definition) is 0. The van der Waals surface area contributed by atoms with Gasteiger partial charge >= 0.3 is 0 Å². The highest BCUT2D eigenvalue weighted by molar-refractivity contribution is 5.32. The summed E-state index contributed by atoms with van der Waals surface area (Å²) in [5, 5.41) is 7.31. The van der Waals surface area contributed by atoms with Crippen LogP contribution in [0, 0.1) is 19.7 Å². The number of nitrogens with zero attached hydrogens (tertiary/aromatic N) is 2. The molecule has 0 saturated heterocycles. The number of rotatable bonds is 3. The molecule has 0 aliphatic heterocycles. The van der Waals surface area contributed by atoms with Crippen LogP contribution in [0.25, 0.3) is 0 Å². The van der Waals surface area contributed by atoms with Gasteiger partial charge < -0.3 is 4.74 Å². The molecule has 0 atom stereocenters. The highest BCUT2D eigenvalue weighted by Crippen LogP contribution is 2.20. The Balaban J connectivity index is 2.10. The number of aryl methyl sites for hydroxylation is 2. The molecule has 16 heavy (non-hydrogen) atoms. The Bertz CT molecular complexity index is 496. The van der Waals surface area contributed by atoms with E-state index in [0.29, 0.717) is 17.1 Å². The van der Waals surface area contributed by atoms with Crippen LogP contribution in [-0.2, 0) is 6.61 Å². The Morgan fingerprint density at radius 3 is 2.81 bits per heavy atom. The third-order valence-electron chi connectivity index (χ3n) is 2.26. The van der Waals surface area contributed by atoms with E-state index in [9.17, 15) is 4.39 Å². The minimum atomic E-state index is -0.324. The predicted molar refractivity (Wildman–Crippen MR) is 54.5 cm³/mol. The van der Waals surface area contributed by atoms with Crippen molar-refractivity contribution in [3.05, 3.63) is 41.0 Å². The van der Waals surface area contributed by atoms with Crippen molar-refractivity contribution in [3.8, 4) is 5.75 Å². The Labute approximate surface area is 92.0 Å². The molecule has 4 nitrogen and oxygen atoms in total. The molecule has 1 heterocycles. The maximum Gasteiger partial charge on any atom is 0.145 e. The lowest BCUT2D eigenvalue weighted by Crippen LogP contribution is -1.99. The summed E-state index contributed by atoms with van der Waals surface area (Å²) in [6.45, 7) is 3.84. The molecule has 5 heteroatoms. The molecule has 2 rings (SSSR count). The van der Waals surface area contributed by atoms with Gasteiger partial charge in [0.05, 0.1) is 0 Å². The van der Waals surface area contributed by atoms with Gasteiger partial charge in [0.2, 0.25) is 0 Å². The monoisotopic (exact) mass is 222 g/mol. The summed E-state index contributed by atoms with van der Waals surface area (Å²) in [6.07, 6.45) is 0. The summed E-state index contributed by atoms with van der Waals surface area (Å²) in [6, 6.07) is 4.40. The van der Waals surface area contributed by atoms with Crippen molar-refractivity contribution >= 4 is 0 Å². The number of aromatic nitrogens is 2. The Morgan fingerprint density at radius 1 is 1.31 bits per heavy atom. The molecule has 0 radical (unpaired) electrons. The molecule has 0 spiro atoms. The van der Waals surface area contributed by atoms with Crippen LogP contribution in [-0.4, -0.2) is 10.3 Å². The second kappa shape index (κ2) is 4.30. The van der Waals surface area contributed by atoms with E-state index in [4.69, 9.17) is 4.74 Å². The van der Waals surface area contributed by atoms with Crippen LogP contribution >= 0.6 is 0 Å². The van der Waals surface area contributed by atoms with Gasteiger partial charge in [0.15, 0.2) is 0 Å². The molecule has 0 unspecified atom stereocenters. The van der Waals surface area contributed by atoms with Gasteiger partial charge in [-0.15, -0.1) is 0 Å².